The van der Waals surface area contributed by atoms with E-state index in [0.717, 1.165) is 25.3 Å². The molecule has 1 aromatic heterocycles. The van der Waals surface area contributed by atoms with Crippen molar-refractivity contribution in [1.82, 2.24) is 9.88 Å². The first kappa shape index (κ1) is 8.33. The fourth-order valence-electron chi connectivity index (χ4n) is 1.82. The highest BCUT2D eigenvalue weighted by molar-refractivity contribution is 5.21. The minimum atomic E-state index is 0.694. The molecule has 1 aliphatic heterocycles. The van der Waals surface area contributed by atoms with Crippen LogP contribution in [-0.2, 0) is 6.54 Å². The van der Waals surface area contributed by atoms with Crippen molar-refractivity contribution in [2.75, 3.05) is 13.1 Å². The zero-order chi connectivity index (χ0) is 9.10. The molecule has 0 aromatic carbocycles. The van der Waals surface area contributed by atoms with E-state index in [9.17, 15) is 0 Å². The fourth-order valence-corrected chi connectivity index (χ4v) is 1.82. The lowest BCUT2D eigenvalue weighted by Gasteiger charge is -2.09. The molecule has 0 saturated carbocycles. The second-order valence-corrected chi connectivity index (χ2v) is 3.52. The van der Waals surface area contributed by atoms with Gasteiger partial charge in [0.15, 0.2) is 0 Å². The average molecular weight is 175 g/mol. The first-order chi connectivity index (χ1) is 6.40. The first-order valence-corrected chi connectivity index (χ1v) is 4.66. The Kier molecular flexibility index (Phi) is 2.33. The summed E-state index contributed by atoms with van der Waals surface area (Å²) in [5.74, 6) is 0.694. The van der Waals surface area contributed by atoms with E-state index in [1.807, 2.05) is 22.9 Å². The quantitative estimate of drug-likeness (QED) is 0.727. The van der Waals surface area contributed by atoms with Crippen LogP contribution in [0.2, 0.25) is 0 Å². The van der Waals surface area contributed by atoms with E-state index in [1.54, 1.807) is 0 Å². The molecule has 1 aliphatic rings. The summed E-state index contributed by atoms with van der Waals surface area (Å²) >= 11 is 0. The molecule has 1 N–H and O–H groups in total. The topological polar surface area (TPSA) is 40.8 Å². The van der Waals surface area contributed by atoms with Crippen molar-refractivity contribution in [3.8, 4) is 6.07 Å². The van der Waals surface area contributed by atoms with Crippen molar-refractivity contribution in [1.29, 1.82) is 5.26 Å². The lowest BCUT2D eigenvalue weighted by Crippen LogP contribution is -2.14. The molecule has 68 valence electrons. The molecule has 3 heteroatoms. The van der Waals surface area contributed by atoms with Crippen molar-refractivity contribution in [2.24, 2.45) is 5.92 Å². The van der Waals surface area contributed by atoms with Crippen molar-refractivity contribution in [2.45, 2.75) is 13.0 Å². The van der Waals surface area contributed by atoms with Gasteiger partial charge in [-0.05, 0) is 37.6 Å². The van der Waals surface area contributed by atoms with Gasteiger partial charge in [0, 0.05) is 12.7 Å². The number of nitrogens with zero attached hydrogens (tertiary/aromatic N) is 2. The highest BCUT2D eigenvalue weighted by atomic mass is 15.0. The number of nitriles is 1. The summed E-state index contributed by atoms with van der Waals surface area (Å²) in [6, 6.07) is 5.99. The van der Waals surface area contributed by atoms with E-state index in [2.05, 4.69) is 11.4 Å². The van der Waals surface area contributed by atoms with Crippen molar-refractivity contribution in [3.05, 3.63) is 24.0 Å². The Labute approximate surface area is 78.0 Å². The van der Waals surface area contributed by atoms with Crippen LogP contribution in [0.1, 0.15) is 12.1 Å². The number of aromatic nitrogens is 1. The van der Waals surface area contributed by atoms with Gasteiger partial charge < -0.3 is 9.88 Å². The van der Waals surface area contributed by atoms with Crippen molar-refractivity contribution < 1.29 is 0 Å². The van der Waals surface area contributed by atoms with Crippen LogP contribution in [0.4, 0.5) is 0 Å². The smallest absolute Gasteiger partial charge is 0.120 e. The minimum absolute atomic E-state index is 0.694. The number of rotatable bonds is 2. The van der Waals surface area contributed by atoms with Crippen LogP contribution >= 0.6 is 0 Å². The molecule has 1 fully saturated rings. The summed E-state index contributed by atoms with van der Waals surface area (Å²) in [5.41, 5.74) is 0.770. The van der Waals surface area contributed by atoms with Gasteiger partial charge in [-0.15, -0.1) is 0 Å². The van der Waals surface area contributed by atoms with E-state index in [-0.39, 0.29) is 0 Å². The fraction of sp³-hybridized carbons (Fsp3) is 0.500. The molecule has 0 radical (unpaired) electrons. The maximum absolute atomic E-state index is 8.79. The maximum atomic E-state index is 8.79. The van der Waals surface area contributed by atoms with E-state index < -0.39 is 0 Å². The molecule has 0 bridgehead atoms. The van der Waals surface area contributed by atoms with Crippen LogP contribution in [-0.4, -0.2) is 17.7 Å². The second-order valence-electron chi connectivity index (χ2n) is 3.52. The molecule has 1 unspecified atom stereocenters. The van der Waals surface area contributed by atoms with Gasteiger partial charge in [-0.25, -0.2) is 0 Å². The molecule has 1 saturated heterocycles. The zero-order valence-corrected chi connectivity index (χ0v) is 7.53. The molecule has 2 rings (SSSR count). The second kappa shape index (κ2) is 3.63. The highest BCUT2D eigenvalue weighted by Gasteiger charge is 2.15. The third-order valence-electron chi connectivity index (χ3n) is 2.56. The van der Waals surface area contributed by atoms with Crippen LogP contribution in [0, 0.1) is 17.2 Å². The molecule has 13 heavy (non-hydrogen) atoms. The van der Waals surface area contributed by atoms with Gasteiger partial charge in [0.2, 0.25) is 0 Å². The van der Waals surface area contributed by atoms with Gasteiger partial charge >= 0.3 is 0 Å². The molecule has 2 heterocycles. The van der Waals surface area contributed by atoms with Crippen LogP contribution in [0.3, 0.4) is 0 Å². The van der Waals surface area contributed by atoms with Gasteiger partial charge in [-0.3, -0.25) is 0 Å². The molecular formula is C10H13N3. The predicted molar refractivity (Wildman–Crippen MR) is 50.1 cm³/mol. The minimum Gasteiger partial charge on any atom is -0.339 e. The Hall–Kier alpha value is -1.27. The Bertz CT molecular complexity index is 315. The standard InChI is InChI=1S/C10H13N3/c11-6-10-2-1-5-13(10)8-9-3-4-12-7-9/h1-2,5,9,12H,3-4,7-8H2. The monoisotopic (exact) mass is 175 g/mol. The van der Waals surface area contributed by atoms with E-state index in [1.165, 1.54) is 6.42 Å². The molecule has 0 spiro atoms. The Morgan fingerprint density at radius 1 is 1.69 bits per heavy atom. The zero-order valence-electron chi connectivity index (χ0n) is 7.53. The maximum Gasteiger partial charge on any atom is 0.120 e. The molecule has 1 atom stereocenters. The summed E-state index contributed by atoms with van der Waals surface area (Å²) in [6.07, 6.45) is 3.21. The summed E-state index contributed by atoms with van der Waals surface area (Å²) in [6.45, 7) is 3.18. The van der Waals surface area contributed by atoms with E-state index in [0.29, 0.717) is 5.92 Å². The van der Waals surface area contributed by atoms with Gasteiger partial charge in [-0.1, -0.05) is 0 Å². The molecule has 3 nitrogen and oxygen atoms in total. The summed E-state index contributed by atoms with van der Waals surface area (Å²) in [5, 5.41) is 12.1. The van der Waals surface area contributed by atoms with Crippen molar-refractivity contribution >= 4 is 0 Å². The highest BCUT2D eigenvalue weighted by Crippen LogP contribution is 2.12. The van der Waals surface area contributed by atoms with Gasteiger partial charge in [-0.2, -0.15) is 5.26 Å². The van der Waals surface area contributed by atoms with Gasteiger partial charge in [0.1, 0.15) is 11.8 Å². The lowest BCUT2D eigenvalue weighted by molar-refractivity contribution is 0.480. The normalized spacial score (nSPS) is 21.6. The van der Waals surface area contributed by atoms with E-state index in [4.69, 9.17) is 5.26 Å². The van der Waals surface area contributed by atoms with Gasteiger partial charge in [0.05, 0.1) is 0 Å². The number of hydrogen-bond acceptors (Lipinski definition) is 2. The van der Waals surface area contributed by atoms with Gasteiger partial charge in [0.25, 0.3) is 0 Å². The molecule has 0 amide bonds. The van der Waals surface area contributed by atoms with Crippen LogP contribution in [0.5, 0.6) is 0 Å². The Balaban J connectivity index is 2.04. The van der Waals surface area contributed by atoms with Crippen LogP contribution in [0.15, 0.2) is 18.3 Å². The number of nitrogens with one attached hydrogen (secondary N) is 1. The predicted octanol–water partition coefficient (Wildman–Crippen LogP) is 0.969. The lowest BCUT2D eigenvalue weighted by atomic mass is 10.1. The van der Waals surface area contributed by atoms with Crippen LogP contribution in [0.25, 0.3) is 0 Å². The Morgan fingerprint density at radius 2 is 2.62 bits per heavy atom. The number of hydrogen-bond donors (Lipinski definition) is 1. The van der Waals surface area contributed by atoms with E-state index >= 15 is 0 Å². The van der Waals surface area contributed by atoms with Crippen LogP contribution < -0.4 is 5.32 Å². The summed E-state index contributed by atoms with van der Waals surface area (Å²) in [7, 11) is 0. The summed E-state index contributed by atoms with van der Waals surface area (Å²) < 4.78 is 2.04. The SMILES string of the molecule is N#Cc1cccn1CC1CCNC1. The largest absolute Gasteiger partial charge is 0.339 e. The summed E-state index contributed by atoms with van der Waals surface area (Å²) in [4.78, 5) is 0. The van der Waals surface area contributed by atoms with Crippen molar-refractivity contribution in [3.63, 3.8) is 0 Å². The molecule has 1 aromatic rings. The Morgan fingerprint density at radius 3 is 3.31 bits per heavy atom. The first-order valence-electron chi connectivity index (χ1n) is 4.66. The third kappa shape index (κ3) is 1.73. The molecule has 0 aliphatic carbocycles. The third-order valence-corrected chi connectivity index (χ3v) is 2.56. The molecular weight excluding hydrogens is 162 g/mol. The average Bonchev–Trinajstić information content (AvgIpc) is 2.76.